The van der Waals surface area contributed by atoms with Gasteiger partial charge in [0, 0.05) is 37.5 Å². The molecule has 9 nitrogen and oxygen atoms in total. The molecule has 2 aromatic heterocycles. The van der Waals surface area contributed by atoms with Crippen molar-refractivity contribution in [3.63, 3.8) is 0 Å². The topological polar surface area (TPSA) is 132 Å². The van der Waals surface area contributed by atoms with Crippen LogP contribution in [0.3, 0.4) is 0 Å². The second kappa shape index (κ2) is 9.18. The molecule has 0 unspecified atom stereocenters. The number of aromatic nitrogens is 3. The Morgan fingerprint density at radius 1 is 1.27 bits per heavy atom. The van der Waals surface area contributed by atoms with Gasteiger partial charge in [-0.15, -0.1) is 0 Å². The second-order valence-electron chi connectivity index (χ2n) is 6.95. The van der Waals surface area contributed by atoms with Crippen molar-refractivity contribution >= 4 is 17.8 Å². The molecule has 33 heavy (non-hydrogen) atoms. The number of rotatable bonds is 3. The Morgan fingerprint density at radius 3 is 2.58 bits per heavy atom. The van der Waals surface area contributed by atoms with Crippen LogP contribution in [-0.2, 0) is 18.3 Å². The van der Waals surface area contributed by atoms with E-state index in [0.717, 1.165) is 34.7 Å². The number of carbonyl (C=O) groups is 2. The van der Waals surface area contributed by atoms with E-state index in [1.807, 2.05) is 35.9 Å². The molecule has 1 aromatic carbocycles. The third kappa shape index (κ3) is 4.89. The molecule has 0 saturated carbocycles. The number of alkyl halides is 3. The number of carbonyl (C=O) groups excluding carboxylic acids is 1. The Hall–Kier alpha value is -4.09. The van der Waals surface area contributed by atoms with Gasteiger partial charge in [-0.2, -0.15) is 13.2 Å². The summed E-state index contributed by atoms with van der Waals surface area (Å²) in [5.41, 5.74) is 10.7. The first kappa shape index (κ1) is 23.6. The van der Waals surface area contributed by atoms with Crippen LogP contribution >= 0.6 is 0 Å². The first-order valence-corrected chi connectivity index (χ1v) is 9.57. The number of aliphatic carboxylic acids is 1. The fourth-order valence-corrected chi connectivity index (χ4v) is 3.52. The van der Waals surface area contributed by atoms with Gasteiger partial charge in [0.1, 0.15) is 5.75 Å². The normalized spacial score (nSPS) is 12.8. The Morgan fingerprint density at radius 2 is 1.97 bits per heavy atom. The summed E-state index contributed by atoms with van der Waals surface area (Å²) in [6, 6.07) is 9.48. The molecule has 3 heterocycles. The number of anilines is 1. The van der Waals surface area contributed by atoms with Gasteiger partial charge in [-0.1, -0.05) is 12.1 Å². The van der Waals surface area contributed by atoms with Crippen LogP contribution in [0.1, 0.15) is 16.1 Å². The number of amides is 1. The molecule has 0 bridgehead atoms. The van der Waals surface area contributed by atoms with Gasteiger partial charge in [-0.05, 0) is 23.8 Å². The van der Waals surface area contributed by atoms with E-state index >= 15 is 0 Å². The van der Waals surface area contributed by atoms with E-state index in [0.29, 0.717) is 17.8 Å². The van der Waals surface area contributed by atoms with Crippen LogP contribution in [0.2, 0.25) is 0 Å². The zero-order valence-corrected chi connectivity index (χ0v) is 17.6. The Labute approximate surface area is 186 Å². The molecule has 0 aliphatic carbocycles. The Bertz CT molecular complexity index is 1210. The average molecular weight is 463 g/mol. The summed E-state index contributed by atoms with van der Waals surface area (Å²) < 4.78 is 39.1. The van der Waals surface area contributed by atoms with Crippen LogP contribution < -0.4 is 15.8 Å². The summed E-state index contributed by atoms with van der Waals surface area (Å²) >= 11 is 0. The maximum atomic E-state index is 12.7. The molecule has 4 N–H and O–H groups in total. The number of halogens is 3. The molecule has 1 aliphatic rings. The standard InChI is InChI=1S/C19H19N5O2.C2HF3O2/c1-24-14-7-9-21-18(25)16(14)15(11-4-3-5-12(10-11)26-2)17(24)13-6-8-22-19(20)23-13;3-2(4,5)1(6)7/h3-6,8,10H,7,9H2,1-2H3,(H,21,25)(H2,20,22,23);(H,6,7). The number of hydrogen-bond donors (Lipinski definition) is 3. The molecule has 0 radical (unpaired) electrons. The number of fused-ring (bicyclic) bond motifs is 1. The highest BCUT2D eigenvalue weighted by molar-refractivity contribution is 6.06. The fourth-order valence-electron chi connectivity index (χ4n) is 3.52. The first-order chi connectivity index (χ1) is 15.5. The minimum Gasteiger partial charge on any atom is -0.497 e. The maximum absolute atomic E-state index is 12.7. The molecule has 174 valence electrons. The number of nitrogens with one attached hydrogen (secondary N) is 1. The summed E-state index contributed by atoms with van der Waals surface area (Å²) in [6.45, 7) is 0.618. The fraction of sp³-hybridized carbons (Fsp3) is 0.238. The SMILES string of the molecule is COc1cccc(-c2c3c(n(C)c2-c2ccnc(N)n2)CCNC3=O)c1.O=C(O)C(F)(F)F. The minimum absolute atomic E-state index is 0.0760. The quantitative estimate of drug-likeness (QED) is 0.544. The molecule has 1 amide bonds. The highest BCUT2D eigenvalue weighted by atomic mass is 19.4. The van der Waals surface area contributed by atoms with Crippen LogP contribution in [0.15, 0.2) is 36.5 Å². The second-order valence-corrected chi connectivity index (χ2v) is 6.95. The smallest absolute Gasteiger partial charge is 0.490 e. The Kier molecular flexibility index (Phi) is 6.56. The number of methoxy groups -OCH3 is 1. The number of carboxylic acids is 1. The summed E-state index contributed by atoms with van der Waals surface area (Å²) in [5.74, 6) is -1.91. The lowest BCUT2D eigenvalue weighted by molar-refractivity contribution is -0.192. The highest BCUT2D eigenvalue weighted by Crippen LogP contribution is 2.40. The van der Waals surface area contributed by atoms with Gasteiger partial charge in [-0.25, -0.2) is 14.8 Å². The molecule has 4 rings (SSSR count). The van der Waals surface area contributed by atoms with Crippen LogP contribution in [0, 0.1) is 0 Å². The van der Waals surface area contributed by atoms with Crippen molar-refractivity contribution in [2.75, 3.05) is 19.4 Å². The summed E-state index contributed by atoms with van der Waals surface area (Å²) in [7, 11) is 3.58. The first-order valence-electron chi connectivity index (χ1n) is 9.57. The van der Waals surface area contributed by atoms with Gasteiger partial charge in [0.15, 0.2) is 0 Å². The van der Waals surface area contributed by atoms with Crippen molar-refractivity contribution in [1.82, 2.24) is 19.9 Å². The van der Waals surface area contributed by atoms with Crippen LogP contribution in [0.25, 0.3) is 22.5 Å². The number of nitrogens with zero attached hydrogens (tertiary/aromatic N) is 3. The molecular formula is C21H20F3N5O4. The van der Waals surface area contributed by atoms with Crippen molar-refractivity contribution in [2.24, 2.45) is 7.05 Å². The summed E-state index contributed by atoms with van der Waals surface area (Å²) in [6.07, 6.45) is -2.70. The molecule has 0 fully saturated rings. The van der Waals surface area contributed by atoms with Crippen LogP contribution in [0.4, 0.5) is 19.1 Å². The van der Waals surface area contributed by atoms with Crippen molar-refractivity contribution in [3.8, 4) is 28.3 Å². The third-order valence-corrected chi connectivity index (χ3v) is 4.91. The largest absolute Gasteiger partial charge is 0.497 e. The van der Waals surface area contributed by atoms with E-state index in [2.05, 4.69) is 15.3 Å². The lowest BCUT2D eigenvalue weighted by Gasteiger charge is -2.15. The van der Waals surface area contributed by atoms with Crippen molar-refractivity contribution in [3.05, 3.63) is 47.8 Å². The van der Waals surface area contributed by atoms with Crippen LogP contribution in [0.5, 0.6) is 5.75 Å². The van der Waals surface area contributed by atoms with Gasteiger partial charge in [-0.3, -0.25) is 4.79 Å². The van der Waals surface area contributed by atoms with E-state index in [1.54, 1.807) is 19.4 Å². The molecule has 1 aliphatic heterocycles. The summed E-state index contributed by atoms with van der Waals surface area (Å²) in [5, 5.41) is 10.1. The average Bonchev–Trinajstić information content (AvgIpc) is 3.07. The van der Waals surface area contributed by atoms with Gasteiger partial charge < -0.3 is 25.5 Å². The number of benzene rings is 1. The Balaban J connectivity index is 0.000000383. The molecule has 0 saturated heterocycles. The van der Waals surface area contributed by atoms with Crippen molar-refractivity contribution in [2.45, 2.75) is 12.6 Å². The minimum atomic E-state index is -5.08. The van der Waals surface area contributed by atoms with Gasteiger partial charge in [0.25, 0.3) is 5.91 Å². The third-order valence-electron chi connectivity index (χ3n) is 4.91. The van der Waals surface area contributed by atoms with Gasteiger partial charge >= 0.3 is 12.1 Å². The number of ether oxygens (including phenoxy) is 1. The number of nitrogens with two attached hydrogens (primary N) is 1. The highest BCUT2D eigenvalue weighted by Gasteiger charge is 2.38. The number of nitrogen functional groups attached to an aromatic ring is 1. The van der Waals surface area contributed by atoms with Gasteiger partial charge in [0.05, 0.1) is 24.1 Å². The van der Waals surface area contributed by atoms with E-state index in [1.165, 1.54) is 0 Å². The summed E-state index contributed by atoms with van der Waals surface area (Å²) in [4.78, 5) is 29.9. The number of carboxylic acid groups (broad SMARTS) is 1. The zero-order valence-electron chi connectivity index (χ0n) is 17.6. The van der Waals surface area contributed by atoms with Gasteiger partial charge in [0.2, 0.25) is 5.95 Å². The molecule has 3 aromatic rings. The van der Waals surface area contributed by atoms with E-state index in [4.69, 9.17) is 20.4 Å². The van der Waals surface area contributed by atoms with E-state index in [9.17, 15) is 18.0 Å². The van der Waals surface area contributed by atoms with E-state index in [-0.39, 0.29) is 11.9 Å². The monoisotopic (exact) mass is 463 g/mol. The van der Waals surface area contributed by atoms with Crippen LogP contribution in [-0.4, -0.2) is 51.3 Å². The predicted octanol–water partition coefficient (Wildman–Crippen LogP) is 2.66. The predicted molar refractivity (Wildman–Crippen MR) is 113 cm³/mol. The van der Waals surface area contributed by atoms with Crippen molar-refractivity contribution in [1.29, 1.82) is 0 Å². The molecule has 12 heteroatoms. The molecule has 0 atom stereocenters. The molecular weight excluding hydrogens is 443 g/mol. The van der Waals surface area contributed by atoms with Crippen molar-refractivity contribution < 1.29 is 32.6 Å². The lowest BCUT2D eigenvalue weighted by Crippen LogP contribution is -2.32. The lowest BCUT2D eigenvalue weighted by atomic mass is 9.96. The number of hydrogen-bond acceptors (Lipinski definition) is 6. The molecule has 0 spiro atoms. The zero-order chi connectivity index (χ0) is 24.3. The van der Waals surface area contributed by atoms with E-state index < -0.39 is 12.1 Å². The maximum Gasteiger partial charge on any atom is 0.490 e.